The van der Waals surface area contributed by atoms with Crippen LogP contribution in [-0.4, -0.2) is 42.9 Å². The Hall–Kier alpha value is -1.56. The minimum absolute atomic E-state index is 0.0949. The molecule has 2 rings (SSSR count). The first-order valence-corrected chi connectivity index (χ1v) is 6.14. The number of carbonyl (C=O) groups excluding carboxylic acids is 1. The number of urea groups is 1. The van der Waals surface area contributed by atoms with E-state index in [4.69, 9.17) is 9.26 Å². The van der Waals surface area contributed by atoms with Gasteiger partial charge in [-0.15, -0.1) is 0 Å². The lowest BCUT2D eigenvalue weighted by atomic mass is 10.1. The summed E-state index contributed by atoms with van der Waals surface area (Å²) in [6.45, 7) is 4.49. The summed E-state index contributed by atoms with van der Waals surface area (Å²) >= 11 is 0. The van der Waals surface area contributed by atoms with Crippen LogP contribution in [0.2, 0.25) is 0 Å². The predicted octanol–water partition coefficient (Wildman–Crippen LogP) is 1.16. The molecule has 1 aliphatic heterocycles. The molecule has 1 aromatic heterocycles. The van der Waals surface area contributed by atoms with E-state index in [0.29, 0.717) is 19.0 Å². The van der Waals surface area contributed by atoms with Crippen LogP contribution in [0.4, 0.5) is 4.79 Å². The summed E-state index contributed by atoms with van der Waals surface area (Å²) in [6, 6.07) is 1.73. The average Bonchev–Trinajstić information content (AvgIpc) is 2.97. The molecule has 1 fully saturated rings. The second kappa shape index (κ2) is 5.86. The Bertz CT molecular complexity index is 399. The Balaban J connectivity index is 1.74. The molecule has 1 aliphatic rings. The van der Waals surface area contributed by atoms with Crippen molar-refractivity contribution in [3.63, 3.8) is 0 Å². The third-order valence-corrected chi connectivity index (χ3v) is 2.99. The minimum Gasteiger partial charge on any atom is -0.381 e. The van der Waals surface area contributed by atoms with Crippen LogP contribution >= 0.6 is 0 Å². The summed E-state index contributed by atoms with van der Waals surface area (Å²) in [5.74, 6) is 1.19. The van der Waals surface area contributed by atoms with Crippen LogP contribution in [0.5, 0.6) is 0 Å². The van der Waals surface area contributed by atoms with Crippen molar-refractivity contribution in [2.75, 3.05) is 26.8 Å². The molecule has 0 spiro atoms. The molecule has 0 saturated carbocycles. The van der Waals surface area contributed by atoms with Gasteiger partial charge in [-0.2, -0.15) is 0 Å². The van der Waals surface area contributed by atoms with Gasteiger partial charge in [0.2, 0.25) is 0 Å². The molecule has 0 radical (unpaired) electrons. The summed E-state index contributed by atoms with van der Waals surface area (Å²) in [5, 5.41) is 6.76. The third kappa shape index (κ3) is 3.46. The van der Waals surface area contributed by atoms with Crippen LogP contribution in [-0.2, 0) is 11.3 Å². The van der Waals surface area contributed by atoms with E-state index in [-0.39, 0.29) is 6.03 Å². The van der Waals surface area contributed by atoms with Crippen LogP contribution in [0, 0.1) is 12.8 Å². The molecule has 2 heterocycles. The zero-order chi connectivity index (χ0) is 13.0. The van der Waals surface area contributed by atoms with E-state index >= 15 is 0 Å². The Kier molecular flexibility index (Phi) is 4.19. The van der Waals surface area contributed by atoms with Crippen molar-refractivity contribution in [1.82, 2.24) is 15.4 Å². The number of rotatable bonds is 4. The van der Waals surface area contributed by atoms with Gasteiger partial charge in [0.25, 0.3) is 0 Å². The highest BCUT2D eigenvalue weighted by Crippen LogP contribution is 2.11. The first-order valence-electron chi connectivity index (χ1n) is 6.14. The second-order valence-corrected chi connectivity index (χ2v) is 4.70. The van der Waals surface area contributed by atoms with E-state index in [1.165, 1.54) is 0 Å². The number of aryl methyl sites for hydroxylation is 1. The number of nitrogens with one attached hydrogen (secondary N) is 1. The number of hydrogen-bond acceptors (Lipinski definition) is 4. The molecule has 1 saturated heterocycles. The minimum atomic E-state index is -0.0949. The normalized spacial score (nSPS) is 18.9. The first kappa shape index (κ1) is 12.9. The van der Waals surface area contributed by atoms with Crippen molar-refractivity contribution in [3.05, 3.63) is 17.5 Å². The van der Waals surface area contributed by atoms with Gasteiger partial charge in [-0.25, -0.2) is 4.79 Å². The quantitative estimate of drug-likeness (QED) is 0.874. The third-order valence-electron chi connectivity index (χ3n) is 2.99. The number of hydrogen-bond donors (Lipinski definition) is 1. The molecule has 0 aromatic carbocycles. The highest BCUT2D eigenvalue weighted by molar-refractivity contribution is 5.73. The van der Waals surface area contributed by atoms with Crippen molar-refractivity contribution < 1.29 is 14.1 Å². The monoisotopic (exact) mass is 253 g/mol. The highest BCUT2D eigenvalue weighted by Gasteiger charge is 2.18. The highest BCUT2D eigenvalue weighted by atomic mass is 16.5. The fraction of sp³-hybridized carbons (Fsp3) is 0.667. The van der Waals surface area contributed by atoms with E-state index < -0.39 is 0 Å². The van der Waals surface area contributed by atoms with Gasteiger partial charge in [-0.05, 0) is 13.3 Å². The Morgan fingerprint density at radius 2 is 2.50 bits per heavy atom. The van der Waals surface area contributed by atoms with Crippen molar-refractivity contribution in [3.8, 4) is 0 Å². The van der Waals surface area contributed by atoms with Crippen LogP contribution in [0.15, 0.2) is 10.6 Å². The van der Waals surface area contributed by atoms with Gasteiger partial charge in [0, 0.05) is 32.2 Å². The first-order chi connectivity index (χ1) is 8.65. The van der Waals surface area contributed by atoms with Gasteiger partial charge in [0.05, 0.1) is 13.2 Å². The van der Waals surface area contributed by atoms with Crippen LogP contribution in [0.25, 0.3) is 0 Å². The molecule has 1 N–H and O–H groups in total. The van der Waals surface area contributed by atoms with E-state index in [2.05, 4.69) is 10.5 Å². The molecule has 0 unspecified atom stereocenters. The number of carbonyl (C=O) groups is 1. The van der Waals surface area contributed by atoms with E-state index in [9.17, 15) is 4.79 Å². The van der Waals surface area contributed by atoms with Crippen LogP contribution in [0.1, 0.15) is 17.9 Å². The van der Waals surface area contributed by atoms with Gasteiger partial charge in [0.15, 0.2) is 0 Å². The summed E-state index contributed by atoms with van der Waals surface area (Å²) < 4.78 is 10.2. The number of aromatic nitrogens is 1. The maximum atomic E-state index is 11.8. The van der Waals surface area contributed by atoms with Crippen LogP contribution in [0.3, 0.4) is 0 Å². The lowest BCUT2D eigenvalue weighted by Gasteiger charge is -2.17. The Morgan fingerprint density at radius 3 is 3.11 bits per heavy atom. The van der Waals surface area contributed by atoms with Crippen molar-refractivity contribution in [1.29, 1.82) is 0 Å². The summed E-state index contributed by atoms with van der Waals surface area (Å²) in [5.41, 5.74) is 0.759. The van der Waals surface area contributed by atoms with E-state index in [0.717, 1.165) is 31.1 Å². The maximum absolute atomic E-state index is 11.8. The Morgan fingerprint density at radius 1 is 1.67 bits per heavy atom. The molecule has 6 heteroatoms. The molecule has 6 nitrogen and oxygen atoms in total. The topological polar surface area (TPSA) is 67.6 Å². The number of amides is 2. The molecular formula is C12H19N3O3. The average molecular weight is 253 g/mol. The maximum Gasteiger partial charge on any atom is 0.317 e. The van der Waals surface area contributed by atoms with Gasteiger partial charge in [0.1, 0.15) is 11.5 Å². The van der Waals surface area contributed by atoms with Crippen molar-refractivity contribution >= 4 is 6.03 Å². The fourth-order valence-electron chi connectivity index (χ4n) is 1.92. The molecule has 0 aliphatic carbocycles. The summed E-state index contributed by atoms with van der Waals surface area (Å²) in [6.07, 6.45) is 1.02. The molecule has 100 valence electrons. The molecule has 18 heavy (non-hydrogen) atoms. The van der Waals surface area contributed by atoms with Crippen molar-refractivity contribution in [2.24, 2.45) is 5.92 Å². The van der Waals surface area contributed by atoms with Gasteiger partial charge >= 0.3 is 6.03 Å². The SMILES string of the molecule is Cc1cc(CN(C)C(=O)NC[C@H]2CCOC2)no1. The fourth-order valence-corrected chi connectivity index (χ4v) is 1.92. The smallest absolute Gasteiger partial charge is 0.317 e. The number of nitrogens with zero attached hydrogens (tertiary/aromatic N) is 2. The molecule has 0 bridgehead atoms. The Labute approximate surface area is 106 Å². The van der Waals surface area contributed by atoms with Gasteiger partial charge < -0.3 is 19.5 Å². The van der Waals surface area contributed by atoms with Crippen LogP contribution < -0.4 is 5.32 Å². The van der Waals surface area contributed by atoms with Gasteiger partial charge in [-0.1, -0.05) is 5.16 Å². The van der Waals surface area contributed by atoms with E-state index in [1.54, 1.807) is 11.9 Å². The lowest BCUT2D eigenvalue weighted by Crippen LogP contribution is -2.39. The molecule has 1 aromatic rings. The zero-order valence-electron chi connectivity index (χ0n) is 10.8. The lowest BCUT2D eigenvalue weighted by molar-refractivity contribution is 0.182. The largest absolute Gasteiger partial charge is 0.381 e. The molecule has 2 amide bonds. The molecular weight excluding hydrogens is 234 g/mol. The number of ether oxygens (including phenoxy) is 1. The summed E-state index contributed by atoms with van der Waals surface area (Å²) in [4.78, 5) is 13.4. The van der Waals surface area contributed by atoms with Crippen molar-refractivity contribution in [2.45, 2.75) is 19.9 Å². The standard InChI is InChI=1S/C12H19N3O3/c1-9-5-11(14-18-9)7-15(2)12(16)13-6-10-3-4-17-8-10/h5,10H,3-4,6-8H2,1-2H3,(H,13,16)/t10-/m1/s1. The zero-order valence-corrected chi connectivity index (χ0v) is 10.8. The van der Waals surface area contributed by atoms with E-state index in [1.807, 2.05) is 13.0 Å². The predicted molar refractivity (Wildman–Crippen MR) is 65.0 cm³/mol. The second-order valence-electron chi connectivity index (χ2n) is 4.70. The summed E-state index contributed by atoms with van der Waals surface area (Å²) in [7, 11) is 1.74. The van der Waals surface area contributed by atoms with Gasteiger partial charge in [-0.3, -0.25) is 0 Å². The molecule has 1 atom stereocenters.